The third-order valence-corrected chi connectivity index (χ3v) is 4.37. The maximum Gasteiger partial charge on any atom is 0.0293 e. The molecule has 104 valence electrons. The Balaban J connectivity index is 1.65. The number of benzene rings is 1. The van der Waals surface area contributed by atoms with Crippen molar-refractivity contribution >= 4 is 0 Å². The second-order valence-corrected chi connectivity index (χ2v) is 5.70. The summed E-state index contributed by atoms with van der Waals surface area (Å²) in [5, 5.41) is 3.68. The predicted molar refractivity (Wildman–Crippen MR) is 82.8 cm³/mol. The average molecular weight is 266 g/mol. The minimum atomic E-state index is 0.382. The van der Waals surface area contributed by atoms with Crippen LogP contribution in [0.1, 0.15) is 48.4 Å². The number of rotatable bonds is 4. The van der Waals surface area contributed by atoms with Gasteiger partial charge in [0.25, 0.3) is 0 Å². The third kappa shape index (κ3) is 2.91. The topological polar surface area (TPSA) is 24.9 Å². The molecule has 0 bridgehead atoms. The molecule has 0 saturated carbocycles. The SMILES string of the molecule is CC(NCC1CCCc2ccccc21)c1ccncc1. The molecular formula is C18H22N2. The fraction of sp³-hybridized carbons (Fsp3) is 0.389. The first-order chi connectivity index (χ1) is 9.84. The Hall–Kier alpha value is -1.67. The van der Waals surface area contributed by atoms with Crippen LogP contribution >= 0.6 is 0 Å². The van der Waals surface area contributed by atoms with Gasteiger partial charge in [0.1, 0.15) is 0 Å². The van der Waals surface area contributed by atoms with E-state index in [1.54, 1.807) is 11.1 Å². The number of nitrogens with zero attached hydrogens (tertiary/aromatic N) is 1. The lowest BCUT2D eigenvalue weighted by Gasteiger charge is -2.27. The van der Waals surface area contributed by atoms with Crippen molar-refractivity contribution in [3.05, 3.63) is 65.5 Å². The molecule has 2 unspecified atom stereocenters. The Morgan fingerprint density at radius 3 is 2.85 bits per heavy atom. The summed E-state index contributed by atoms with van der Waals surface area (Å²) in [6, 6.07) is 13.5. The molecular weight excluding hydrogens is 244 g/mol. The molecule has 1 N–H and O–H groups in total. The zero-order chi connectivity index (χ0) is 13.8. The number of aromatic nitrogens is 1. The Bertz CT molecular complexity index is 550. The second kappa shape index (κ2) is 6.19. The molecule has 0 fully saturated rings. The van der Waals surface area contributed by atoms with Crippen molar-refractivity contribution in [2.24, 2.45) is 0 Å². The van der Waals surface area contributed by atoms with Gasteiger partial charge in [0.2, 0.25) is 0 Å². The first-order valence-corrected chi connectivity index (χ1v) is 7.55. The Kier molecular flexibility index (Phi) is 4.12. The summed E-state index contributed by atoms with van der Waals surface area (Å²) in [6.45, 7) is 3.28. The van der Waals surface area contributed by atoms with Gasteiger partial charge in [-0.2, -0.15) is 0 Å². The molecule has 2 aromatic rings. The van der Waals surface area contributed by atoms with E-state index < -0.39 is 0 Å². The van der Waals surface area contributed by atoms with Crippen molar-refractivity contribution in [2.45, 2.75) is 38.1 Å². The van der Waals surface area contributed by atoms with E-state index in [0.717, 1.165) is 6.54 Å². The molecule has 0 radical (unpaired) electrons. The van der Waals surface area contributed by atoms with Crippen molar-refractivity contribution in [2.75, 3.05) is 6.54 Å². The van der Waals surface area contributed by atoms with Crippen molar-refractivity contribution in [1.82, 2.24) is 10.3 Å². The monoisotopic (exact) mass is 266 g/mol. The van der Waals surface area contributed by atoms with Crippen LogP contribution in [0.4, 0.5) is 0 Å². The van der Waals surface area contributed by atoms with Crippen LogP contribution in [0.3, 0.4) is 0 Å². The fourth-order valence-electron chi connectivity index (χ4n) is 3.16. The summed E-state index contributed by atoms with van der Waals surface area (Å²) in [4.78, 5) is 4.08. The van der Waals surface area contributed by atoms with Gasteiger partial charge in [0, 0.05) is 25.0 Å². The van der Waals surface area contributed by atoms with Gasteiger partial charge < -0.3 is 5.32 Å². The molecule has 0 spiro atoms. The average Bonchev–Trinajstić information content (AvgIpc) is 2.53. The molecule has 1 aliphatic rings. The standard InChI is InChI=1S/C18H22N2/c1-14(15-9-11-19-12-10-15)20-13-17-7-4-6-16-5-2-3-8-18(16)17/h2-3,5,8-12,14,17,20H,4,6-7,13H2,1H3. The highest BCUT2D eigenvalue weighted by Gasteiger charge is 2.20. The maximum absolute atomic E-state index is 4.08. The van der Waals surface area contributed by atoms with Gasteiger partial charge in [-0.05, 0) is 60.9 Å². The lowest BCUT2D eigenvalue weighted by Crippen LogP contribution is -2.26. The Labute approximate surface area is 121 Å². The molecule has 1 aromatic carbocycles. The summed E-state index contributed by atoms with van der Waals surface area (Å²) in [5.41, 5.74) is 4.40. The molecule has 2 atom stereocenters. The minimum absolute atomic E-state index is 0.382. The second-order valence-electron chi connectivity index (χ2n) is 5.70. The number of fused-ring (bicyclic) bond motifs is 1. The van der Waals surface area contributed by atoms with E-state index in [-0.39, 0.29) is 0 Å². The highest BCUT2D eigenvalue weighted by atomic mass is 14.9. The van der Waals surface area contributed by atoms with Gasteiger partial charge in [-0.25, -0.2) is 0 Å². The number of hydrogen-bond acceptors (Lipinski definition) is 2. The fourth-order valence-corrected chi connectivity index (χ4v) is 3.16. The molecule has 0 saturated heterocycles. The quantitative estimate of drug-likeness (QED) is 0.909. The molecule has 1 heterocycles. The van der Waals surface area contributed by atoms with Crippen LogP contribution in [0.5, 0.6) is 0 Å². The first kappa shape index (κ1) is 13.3. The first-order valence-electron chi connectivity index (χ1n) is 7.55. The lowest BCUT2D eigenvalue weighted by atomic mass is 9.82. The highest BCUT2D eigenvalue weighted by molar-refractivity contribution is 5.32. The van der Waals surface area contributed by atoms with Crippen molar-refractivity contribution in [1.29, 1.82) is 0 Å². The van der Waals surface area contributed by atoms with E-state index in [1.807, 2.05) is 12.4 Å². The Morgan fingerprint density at radius 1 is 1.20 bits per heavy atom. The number of hydrogen-bond donors (Lipinski definition) is 1. The highest BCUT2D eigenvalue weighted by Crippen LogP contribution is 2.31. The third-order valence-electron chi connectivity index (χ3n) is 4.37. The van der Waals surface area contributed by atoms with Crippen molar-refractivity contribution in [3.8, 4) is 0 Å². The maximum atomic E-state index is 4.08. The van der Waals surface area contributed by atoms with Crippen molar-refractivity contribution < 1.29 is 0 Å². The molecule has 1 aromatic heterocycles. The van der Waals surface area contributed by atoms with Crippen LogP contribution < -0.4 is 5.32 Å². The predicted octanol–water partition coefficient (Wildman–Crippen LogP) is 3.85. The van der Waals surface area contributed by atoms with E-state index in [9.17, 15) is 0 Å². The molecule has 0 aliphatic heterocycles. The Morgan fingerprint density at radius 2 is 2.00 bits per heavy atom. The molecule has 0 amide bonds. The molecule has 2 heteroatoms. The van der Waals surface area contributed by atoms with Gasteiger partial charge in [-0.3, -0.25) is 4.98 Å². The normalized spacial score (nSPS) is 19.4. The van der Waals surface area contributed by atoms with Gasteiger partial charge in [-0.15, -0.1) is 0 Å². The summed E-state index contributed by atoms with van der Waals surface area (Å²) >= 11 is 0. The van der Waals surface area contributed by atoms with Crippen LogP contribution in [0.25, 0.3) is 0 Å². The molecule has 2 nitrogen and oxygen atoms in total. The lowest BCUT2D eigenvalue weighted by molar-refractivity contribution is 0.473. The van der Waals surface area contributed by atoms with Gasteiger partial charge in [0.15, 0.2) is 0 Å². The van der Waals surface area contributed by atoms with Crippen LogP contribution in [-0.4, -0.2) is 11.5 Å². The van der Waals surface area contributed by atoms with Gasteiger partial charge >= 0.3 is 0 Å². The van der Waals surface area contributed by atoms with Crippen molar-refractivity contribution in [3.63, 3.8) is 0 Å². The van der Waals surface area contributed by atoms with Crippen LogP contribution in [0.2, 0.25) is 0 Å². The van der Waals surface area contributed by atoms with E-state index >= 15 is 0 Å². The zero-order valence-electron chi connectivity index (χ0n) is 12.0. The van der Waals surface area contributed by atoms with Gasteiger partial charge in [-0.1, -0.05) is 24.3 Å². The smallest absolute Gasteiger partial charge is 0.0293 e. The minimum Gasteiger partial charge on any atom is -0.310 e. The zero-order valence-corrected chi connectivity index (χ0v) is 12.0. The van der Waals surface area contributed by atoms with E-state index in [2.05, 4.69) is 53.6 Å². The molecule has 3 rings (SSSR count). The molecule has 20 heavy (non-hydrogen) atoms. The number of nitrogens with one attached hydrogen (secondary N) is 1. The summed E-state index contributed by atoms with van der Waals surface area (Å²) in [7, 11) is 0. The summed E-state index contributed by atoms with van der Waals surface area (Å²) < 4.78 is 0. The van der Waals surface area contributed by atoms with Gasteiger partial charge in [0.05, 0.1) is 0 Å². The van der Waals surface area contributed by atoms with Crippen LogP contribution in [0, 0.1) is 0 Å². The van der Waals surface area contributed by atoms with Crippen LogP contribution in [-0.2, 0) is 6.42 Å². The summed E-state index contributed by atoms with van der Waals surface area (Å²) in [6.07, 6.45) is 7.58. The van der Waals surface area contributed by atoms with E-state index in [0.29, 0.717) is 12.0 Å². The number of aryl methyl sites for hydroxylation is 1. The van der Waals surface area contributed by atoms with Crippen LogP contribution in [0.15, 0.2) is 48.8 Å². The number of pyridine rings is 1. The largest absolute Gasteiger partial charge is 0.310 e. The summed E-state index contributed by atoms with van der Waals surface area (Å²) in [5.74, 6) is 0.657. The van der Waals surface area contributed by atoms with E-state index in [4.69, 9.17) is 0 Å². The molecule has 1 aliphatic carbocycles. The van der Waals surface area contributed by atoms with E-state index in [1.165, 1.54) is 24.8 Å².